The average molecular weight is 290 g/mol. The number of hydrogen-bond donors (Lipinski definition) is 1. The third-order valence-corrected chi connectivity index (χ3v) is 4.43. The van der Waals surface area contributed by atoms with Crippen molar-refractivity contribution in [1.29, 1.82) is 0 Å². The molecule has 0 bridgehead atoms. The normalized spacial score (nSPS) is 13.1. The van der Waals surface area contributed by atoms with Gasteiger partial charge in [-0.05, 0) is 28.9 Å². The summed E-state index contributed by atoms with van der Waals surface area (Å²) in [7, 11) is 0. The van der Waals surface area contributed by atoms with Crippen molar-refractivity contribution in [3.63, 3.8) is 0 Å². The molecule has 0 aliphatic rings. The molecule has 0 aromatic carbocycles. The van der Waals surface area contributed by atoms with Gasteiger partial charge in [-0.2, -0.15) is 0 Å². The molecule has 0 aliphatic heterocycles. The summed E-state index contributed by atoms with van der Waals surface area (Å²) in [5, 5.41) is 14.1. The number of nitrogens with zero attached hydrogens (tertiary/aromatic N) is 1. The fourth-order valence-electron chi connectivity index (χ4n) is 1.04. The van der Waals surface area contributed by atoms with E-state index in [-0.39, 0.29) is 0 Å². The van der Waals surface area contributed by atoms with E-state index in [9.17, 15) is 5.11 Å². The van der Waals surface area contributed by atoms with Crippen LogP contribution in [0.15, 0.2) is 21.3 Å². The maximum Gasteiger partial charge on any atom is 0.122 e. The molecular weight excluding hydrogens is 282 g/mol. The second kappa shape index (κ2) is 4.10. The monoisotopic (exact) mass is 289 g/mol. The molecule has 0 saturated heterocycles. The molecule has 2 aromatic heterocycles. The summed E-state index contributed by atoms with van der Waals surface area (Å²) < 4.78 is 1.07. The van der Waals surface area contributed by atoms with Crippen LogP contribution in [0.5, 0.6) is 0 Å². The molecule has 2 nitrogen and oxygen atoms in total. The molecule has 0 spiro atoms. The van der Waals surface area contributed by atoms with E-state index in [1.165, 1.54) is 11.3 Å². The van der Waals surface area contributed by atoms with Gasteiger partial charge in [-0.25, -0.2) is 4.98 Å². The summed E-state index contributed by atoms with van der Waals surface area (Å²) >= 11 is 6.54. The first-order valence-corrected chi connectivity index (χ1v) is 6.60. The summed E-state index contributed by atoms with van der Waals surface area (Å²) in [6.45, 7) is 1.73. The number of aromatic nitrogens is 1. The van der Waals surface area contributed by atoms with Gasteiger partial charge in [0, 0.05) is 15.2 Å². The molecule has 0 amide bonds. The number of aliphatic hydroxyl groups excluding tert-OH is 1. The minimum Gasteiger partial charge on any atom is -0.386 e. The Labute approximate surface area is 98.4 Å². The largest absolute Gasteiger partial charge is 0.386 e. The molecule has 1 atom stereocenters. The molecule has 2 aromatic rings. The zero-order chi connectivity index (χ0) is 10.1. The average Bonchev–Trinajstić information content (AvgIpc) is 2.70. The van der Waals surface area contributed by atoms with Crippen LogP contribution in [-0.2, 0) is 0 Å². The van der Waals surface area contributed by atoms with Crippen LogP contribution in [0.2, 0.25) is 0 Å². The van der Waals surface area contributed by atoms with Crippen molar-refractivity contribution in [2.24, 2.45) is 0 Å². The lowest BCUT2D eigenvalue weighted by Crippen LogP contribution is -1.88. The molecule has 1 N–H and O–H groups in total. The van der Waals surface area contributed by atoms with Crippen LogP contribution in [0.3, 0.4) is 0 Å². The highest BCUT2D eigenvalue weighted by atomic mass is 79.9. The predicted molar refractivity (Wildman–Crippen MR) is 63.8 cm³/mol. The molecule has 74 valence electrons. The first-order valence-electron chi connectivity index (χ1n) is 4.04. The molecule has 2 heterocycles. The van der Waals surface area contributed by atoms with Gasteiger partial charge in [-0.1, -0.05) is 0 Å². The Balaban J connectivity index is 2.33. The summed E-state index contributed by atoms with van der Waals surface area (Å²) in [4.78, 5) is 5.48. The van der Waals surface area contributed by atoms with Crippen molar-refractivity contribution in [3.8, 4) is 10.6 Å². The van der Waals surface area contributed by atoms with Crippen molar-refractivity contribution in [2.45, 2.75) is 13.0 Å². The Kier molecular flexibility index (Phi) is 3.02. The van der Waals surface area contributed by atoms with E-state index in [1.54, 1.807) is 18.3 Å². The molecule has 14 heavy (non-hydrogen) atoms. The lowest BCUT2D eigenvalue weighted by atomic mass is 10.4. The second-order valence-corrected chi connectivity index (χ2v) is 5.59. The molecule has 0 saturated carbocycles. The van der Waals surface area contributed by atoms with Crippen molar-refractivity contribution in [1.82, 2.24) is 4.98 Å². The molecule has 5 heteroatoms. The minimum absolute atomic E-state index is 0.475. The summed E-state index contributed by atoms with van der Waals surface area (Å²) in [6, 6.07) is 2.03. The van der Waals surface area contributed by atoms with Crippen molar-refractivity contribution in [2.75, 3.05) is 0 Å². The van der Waals surface area contributed by atoms with Crippen LogP contribution in [0.4, 0.5) is 0 Å². The molecule has 0 aliphatic carbocycles. The quantitative estimate of drug-likeness (QED) is 0.915. The first kappa shape index (κ1) is 10.3. The van der Waals surface area contributed by atoms with Gasteiger partial charge in [0.05, 0.1) is 10.6 Å². The summed E-state index contributed by atoms with van der Waals surface area (Å²) in [5.74, 6) is 0. The summed E-state index contributed by atoms with van der Waals surface area (Å²) in [6.07, 6.45) is -0.475. The van der Waals surface area contributed by atoms with Gasteiger partial charge in [-0.15, -0.1) is 22.7 Å². The number of aliphatic hydroxyl groups is 1. The molecular formula is C9H8BrNOS2. The Morgan fingerprint density at radius 3 is 2.71 bits per heavy atom. The molecule has 2 rings (SSSR count). The van der Waals surface area contributed by atoms with Crippen LogP contribution in [0.25, 0.3) is 10.6 Å². The fraction of sp³-hybridized carbons (Fsp3) is 0.222. The molecule has 0 fully saturated rings. The zero-order valence-electron chi connectivity index (χ0n) is 7.40. The smallest absolute Gasteiger partial charge is 0.122 e. The Bertz CT molecular complexity index is 435. The minimum atomic E-state index is -0.475. The molecule has 1 unspecified atom stereocenters. The lowest BCUT2D eigenvalue weighted by Gasteiger charge is -1.95. The standard InChI is InChI=1S/C9H8BrNOS2/c1-5(12)9-11-7(4-14-9)8-2-6(10)3-13-8/h2-5,12H,1H3. The van der Waals surface area contributed by atoms with Crippen molar-refractivity contribution in [3.05, 3.63) is 26.3 Å². The van der Waals surface area contributed by atoms with Gasteiger partial charge in [0.15, 0.2) is 0 Å². The van der Waals surface area contributed by atoms with Crippen molar-refractivity contribution < 1.29 is 5.11 Å². The maximum absolute atomic E-state index is 9.33. The lowest BCUT2D eigenvalue weighted by molar-refractivity contribution is 0.199. The highest BCUT2D eigenvalue weighted by molar-refractivity contribution is 9.10. The van der Waals surface area contributed by atoms with Gasteiger partial charge in [0.25, 0.3) is 0 Å². The first-order chi connectivity index (χ1) is 6.66. The maximum atomic E-state index is 9.33. The Morgan fingerprint density at radius 1 is 1.43 bits per heavy atom. The van der Waals surface area contributed by atoms with E-state index in [4.69, 9.17) is 0 Å². The van der Waals surface area contributed by atoms with Gasteiger partial charge in [0.2, 0.25) is 0 Å². The Morgan fingerprint density at radius 2 is 2.21 bits per heavy atom. The van der Waals surface area contributed by atoms with E-state index in [0.29, 0.717) is 0 Å². The third kappa shape index (κ3) is 2.06. The SMILES string of the molecule is CC(O)c1nc(-c2cc(Br)cs2)cs1. The number of halogens is 1. The number of rotatable bonds is 2. The van der Waals surface area contributed by atoms with Gasteiger partial charge in [-0.3, -0.25) is 0 Å². The van der Waals surface area contributed by atoms with Gasteiger partial charge in [0.1, 0.15) is 11.1 Å². The van der Waals surface area contributed by atoms with Crippen molar-refractivity contribution >= 4 is 38.6 Å². The van der Waals surface area contributed by atoms with Crippen LogP contribution in [0.1, 0.15) is 18.0 Å². The van der Waals surface area contributed by atoms with E-state index in [2.05, 4.69) is 20.9 Å². The molecule has 0 radical (unpaired) electrons. The number of thiophene rings is 1. The summed E-state index contributed by atoms with van der Waals surface area (Å²) in [5.41, 5.74) is 0.946. The zero-order valence-corrected chi connectivity index (χ0v) is 10.6. The van der Waals surface area contributed by atoms with Crippen LogP contribution in [-0.4, -0.2) is 10.1 Å². The number of thiazole rings is 1. The number of hydrogen-bond acceptors (Lipinski definition) is 4. The topological polar surface area (TPSA) is 33.1 Å². The fourth-order valence-corrected chi connectivity index (χ4v) is 3.26. The van der Waals surface area contributed by atoms with Gasteiger partial charge < -0.3 is 5.11 Å². The third-order valence-electron chi connectivity index (χ3n) is 1.70. The van der Waals surface area contributed by atoms with Crippen LogP contribution < -0.4 is 0 Å². The van der Waals surface area contributed by atoms with E-state index < -0.39 is 6.10 Å². The van der Waals surface area contributed by atoms with E-state index in [1.807, 2.05) is 16.8 Å². The predicted octanol–water partition coefficient (Wildman–Crippen LogP) is 3.69. The van der Waals surface area contributed by atoms with Gasteiger partial charge >= 0.3 is 0 Å². The Hall–Kier alpha value is -0.230. The van der Waals surface area contributed by atoms with E-state index >= 15 is 0 Å². The highest BCUT2D eigenvalue weighted by Gasteiger charge is 2.09. The second-order valence-electron chi connectivity index (χ2n) is 2.88. The van der Waals surface area contributed by atoms with E-state index in [0.717, 1.165) is 20.1 Å². The van der Waals surface area contributed by atoms with Crippen LogP contribution in [0, 0.1) is 0 Å². The highest BCUT2D eigenvalue weighted by Crippen LogP contribution is 2.31. The van der Waals surface area contributed by atoms with Crippen LogP contribution >= 0.6 is 38.6 Å².